The van der Waals surface area contributed by atoms with Crippen molar-refractivity contribution in [3.05, 3.63) is 54.1 Å². The van der Waals surface area contributed by atoms with Crippen LogP contribution in [0.15, 0.2) is 58.3 Å². The van der Waals surface area contributed by atoms with E-state index in [0.717, 1.165) is 26.2 Å². The lowest BCUT2D eigenvalue weighted by Crippen LogP contribution is -2.29. The Balaban J connectivity index is 1.62. The summed E-state index contributed by atoms with van der Waals surface area (Å²) in [6, 6.07) is 15.9. The Hall–Kier alpha value is -1.71. The molecule has 3 heteroatoms. The highest BCUT2D eigenvalue weighted by atomic mass is 32.2. The van der Waals surface area contributed by atoms with E-state index >= 15 is 0 Å². The third-order valence-corrected chi connectivity index (χ3v) is 6.65. The lowest BCUT2D eigenvalue weighted by molar-refractivity contribution is 0.301. The van der Waals surface area contributed by atoms with Gasteiger partial charge in [-0.05, 0) is 67.4 Å². The SMILES string of the molecule is CCN(CC)CCCN1c2ccccc2Sc2ccc(C3=CC3C)cc21. The van der Waals surface area contributed by atoms with E-state index in [1.807, 2.05) is 11.8 Å². The van der Waals surface area contributed by atoms with Gasteiger partial charge in [-0.1, -0.05) is 56.8 Å². The molecule has 26 heavy (non-hydrogen) atoms. The minimum Gasteiger partial charge on any atom is -0.340 e. The summed E-state index contributed by atoms with van der Waals surface area (Å²) in [5, 5.41) is 0. The molecule has 2 aromatic carbocycles. The fourth-order valence-corrected chi connectivity index (χ4v) is 4.90. The average molecular weight is 365 g/mol. The first kappa shape index (κ1) is 17.7. The summed E-state index contributed by atoms with van der Waals surface area (Å²) >= 11 is 1.91. The van der Waals surface area contributed by atoms with Crippen LogP contribution in [0.4, 0.5) is 11.4 Å². The number of hydrogen-bond acceptors (Lipinski definition) is 3. The first-order valence-corrected chi connectivity index (χ1v) is 10.7. The minimum absolute atomic E-state index is 0.646. The second-order valence-electron chi connectivity index (χ2n) is 7.20. The summed E-state index contributed by atoms with van der Waals surface area (Å²) in [6.45, 7) is 11.3. The van der Waals surface area contributed by atoms with Crippen molar-refractivity contribution in [3.63, 3.8) is 0 Å². The molecule has 2 aliphatic rings. The van der Waals surface area contributed by atoms with Crippen LogP contribution in [0.25, 0.3) is 5.57 Å². The quantitative estimate of drug-likeness (QED) is 0.590. The highest BCUT2D eigenvalue weighted by Gasteiger charge is 2.26. The van der Waals surface area contributed by atoms with Gasteiger partial charge in [0.05, 0.1) is 11.4 Å². The molecule has 1 aliphatic carbocycles. The number of hydrogen-bond donors (Lipinski definition) is 0. The molecule has 2 nitrogen and oxygen atoms in total. The van der Waals surface area contributed by atoms with Crippen LogP contribution >= 0.6 is 11.8 Å². The van der Waals surface area contributed by atoms with Crippen molar-refractivity contribution < 1.29 is 0 Å². The van der Waals surface area contributed by atoms with Gasteiger partial charge in [-0.25, -0.2) is 0 Å². The van der Waals surface area contributed by atoms with Crippen molar-refractivity contribution in [2.45, 2.75) is 37.0 Å². The number of fused-ring (bicyclic) bond motifs is 2. The second kappa shape index (κ2) is 7.50. The van der Waals surface area contributed by atoms with Gasteiger partial charge in [0.15, 0.2) is 0 Å². The summed E-state index contributed by atoms with van der Waals surface area (Å²) in [4.78, 5) is 7.80. The molecule has 0 N–H and O–H groups in total. The van der Waals surface area contributed by atoms with E-state index in [2.05, 4.69) is 79.1 Å². The van der Waals surface area contributed by atoms with Crippen LogP contribution in [0.1, 0.15) is 32.8 Å². The van der Waals surface area contributed by atoms with Crippen molar-refractivity contribution in [1.82, 2.24) is 4.90 Å². The average Bonchev–Trinajstić information content (AvgIpc) is 3.41. The molecule has 0 fully saturated rings. The van der Waals surface area contributed by atoms with E-state index in [1.54, 1.807) is 0 Å². The Morgan fingerprint density at radius 1 is 1.00 bits per heavy atom. The van der Waals surface area contributed by atoms with Gasteiger partial charge in [0.2, 0.25) is 0 Å². The van der Waals surface area contributed by atoms with Gasteiger partial charge in [0.1, 0.15) is 0 Å². The molecule has 4 rings (SSSR count). The van der Waals surface area contributed by atoms with Gasteiger partial charge in [-0.2, -0.15) is 0 Å². The lowest BCUT2D eigenvalue weighted by Gasteiger charge is -2.33. The zero-order valence-corrected chi connectivity index (χ0v) is 16.9. The Labute approximate surface area is 161 Å². The van der Waals surface area contributed by atoms with Crippen LogP contribution in [-0.4, -0.2) is 31.1 Å². The van der Waals surface area contributed by atoms with Gasteiger partial charge in [-0.3, -0.25) is 0 Å². The van der Waals surface area contributed by atoms with E-state index in [0.29, 0.717) is 5.92 Å². The summed E-state index contributed by atoms with van der Waals surface area (Å²) in [7, 11) is 0. The molecular weight excluding hydrogens is 336 g/mol. The molecular formula is C23H28N2S. The molecule has 0 saturated heterocycles. The van der Waals surface area contributed by atoms with Gasteiger partial charge >= 0.3 is 0 Å². The van der Waals surface area contributed by atoms with E-state index in [-0.39, 0.29) is 0 Å². The molecule has 0 saturated carbocycles. The van der Waals surface area contributed by atoms with Crippen molar-refractivity contribution in [1.29, 1.82) is 0 Å². The minimum atomic E-state index is 0.646. The van der Waals surface area contributed by atoms with Crippen LogP contribution in [0, 0.1) is 5.92 Å². The largest absolute Gasteiger partial charge is 0.340 e. The zero-order valence-electron chi connectivity index (χ0n) is 16.0. The Bertz CT molecular complexity index is 823. The monoisotopic (exact) mass is 364 g/mol. The fourth-order valence-electron chi connectivity index (χ4n) is 3.82. The molecule has 1 unspecified atom stereocenters. The molecule has 1 atom stereocenters. The lowest BCUT2D eigenvalue weighted by atomic mass is 10.1. The third-order valence-electron chi connectivity index (χ3n) is 5.52. The normalized spacial score (nSPS) is 17.8. The number of allylic oxidation sites excluding steroid dienone is 2. The predicted octanol–water partition coefficient (Wildman–Crippen LogP) is 6.05. The molecule has 2 aromatic rings. The Kier molecular flexibility index (Phi) is 5.10. The van der Waals surface area contributed by atoms with Gasteiger partial charge in [0.25, 0.3) is 0 Å². The Morgan fingerprint density at radius 3 is 2.46 bits per heavy atom. The van der Waals surface area contributed by atoms with Crippen molar-refractivity contribution >= 4 is 28.7 Å². The van der Waals surface area contributed by atoms with Gasteiger partial charge in [-0.15, -0.1) is 0 Å². The maximum Gasteiger partial charge on any atom is 0.0558 e. The fraction of sp³-hybridized carbons (Fsp3) is 0.391. The number of nitrogens with zero attached hydrogens (tertiary/aromatic N) is 2. The Morgan fingerprint density at radius 2 is 1.73 bits per heavy atom. The highest BCUT2D eigenvalue weighted by Crippen LogP contribution is 2.50. The molecule has 0 amide bonds. The van der Waals surface area contributed by atoms with Crippen molar-refractivity contribution in [2.24, 2.45) is 5.92 Å². The molecule has 0 radical (unpaired) electrons. The maximum absolute atomic E-state index is 2.54. The van der Waals surface area contributed by atoms with E-state index in [9.17, 15) is 0 Å². The van der Waals surface area contributed by atoms with Crippen molar-refractivity contribution in [2.75, 3.05) is 31.1 Å². The van der Waals surface area contributed by atoms with Gasteiger partial charge in [0, 0.05) is 16.3 Å². The summed E-state index contributed by atoms with van der Waals surface area (Å²) in [5.41, 5.74) is 5.63. The maximum atomic E-state index is 2.54. The zero-order chi connectivity index (χ0) is 18.1. The van der Waals surface area contributed by atoms with E-state index in [1.165, 1.54) is 38.7 Å². The first-order chi connectivity index (χ1) is 12.7. The van der Waals surface area contributed by atoms with Crippen LogP contribution < -0.4 is 4.90 Å². The molecule has 0 bridgehead atoms. The van der Waals surface area contributed by atoms with E-state index in [4.69, 9.17) is 0 Å². The van der Waals surface area contributed by atoms with Crippen LogP contribution in [0.5, 0.6) is 0 Å². The van der Waals surface area contributed by atoms with Crippen molar-refractivity contribution in [3.8, 4) is 0 Å². The number of anilines is 2. The first-order valence-electron chi connectivity index (χ1n) is 9.84. The summed E-state index contributed by atoms with van der Waals surface area (Å²) in [5.74, 6) is 0.646. The molecule has 1 heterocycles. The number of benzene rings is 2. The standard InChI is InChI=1S/C23H28N2S/c1-4-24(5-2)13-8-14-25-20-9-6-7-10-22(20)26-23-12-11-18(16-21(23)25)19-15-17(19)3/h6-7,9-12,15-17H,4-5,8,13-14H2,1-3H3. The molecule has 1 aliphatic heterocycles. The highest BCUT2D eigenvalue weighted by molar-refractivity contribution is 7.99. The topological polar surface area (TPSA) is 6.48 Å². The van der Waals surface area contributed by atoms with Gasteiger partial charge < -0.3 is 9.80 Å². The third kappa shape index (κ3) is 3.43. The molecule has 0 aromatic heterocycles. The van der Waals surface area contributed by atoms with Crippen LogP contribution in [0.2, 0.25) is 0 Å². The van der Waals surface area contributed by atoms with Crippen LogP contribution in [-0.2, 0) is 0 Å². The van der Waals surface area contributed by atoms with E-state index < -0.39 is 0 Å². The molecule has 136 valence electrons. The number of para-hydroxylation sites is 1. The molecule has 0 spiro atoms. The number of rotatable bonds is 7. The summed E-state index contributed by atoms with van der Waals surface area (Å²) < 4.78 is 0. The smallest absolute Gasteiger partial charge is 0.0558 e. The summed E-state index contributed by atoms with van der Waals surface area (Å²) in [6.07, 6.45) is 3.54. The predicted molar refractivity (Wildman–Crippen MR) is 114 cm³/mol. The second-order valence-corrected chi connectivity index (χ2v) is 8.28. The van der Waals surface area contributed by atoms with Crippen LogP contribution in [0.3, 0.4) is 0 Å².